The Morgan fingerprint density at radius 3 is 2.94 bits per heavy atom. The van der Waals surface area contributed by atoms with Crippen LogP contribution < -0.4 is 0 Å². The van der Waals surface area contributed by atoms with E-state index < -0.39 is 5.97 Å². The van der Waals surface area contributed by atoms with Crippen LogP contribution in [0.1, 0.15) is 13.3 Å². The van der Waals surface area contributed by atoms with E-state index in [1.165, 1.54) is 23.8 Å². The molecule has 0 radical (unpaired) electrons. The number of carbonyl (C=O) groups excluding carboxylic acids is 2. The van der Waals surface area contributed by atoms with Gasteiger partial charge in [0.05, 0.1) is 12.2 Å². The molecule has 1 amide bonds. The first-order valence-electron chi connectivity index (χ1n) is 5.18. The summed E-state index contributed by atoms with van der Waals surface area (Å²) < 4.78 is 4.59. The highest BCUT2D eigenvalue weighted by molar-refractivity contribution is 8.14. The zero-order chi connectivity index (χ0) is 12.6. The van der Waals surface area contributed by atoms with Crippen LogP contribution in [0.3, 0.4) is 0 Å². The van der Waals surface area contributed by atoms with Crippen molar-refractivity contribution in [2.24, 2.45) is 4.99 Å². The number of amides is 1. The van der Waals surface area contributed by atoms with Gasteiger partial charge in [0.25, 0.3) is 5.91 Å². The Morgan fingerprint density at radius 2 is 2.41 bits per heavy atom. The van der Waals surface area contributed by atoms with Crippen LogP contribution in [0, 0.1) is 0 Å². The maximum atomic E-state index is 11.8. The molecule has 2 aliphatic rings. The Hall–Kier alpha value is -1.52. The van der Waals surface area contributed by atoms with Crippen LogP contribution in [0.15, 0.2) is 23.0 Å². The van der Waals surface area contributed by atoms with E-state index in [1.807, 2.05) is 6.92 Å². The molecular weight excluding hydrogens is 240 g/mol. The minimum absolute atomic E-state index is 0.0683. The zero-order valence-electron chi connectivity index (χ0n) is 9.60. The monoisotopic (exact) mass is 252 g/mol. The molecule has 1 fully saturated rings. The van der Waals surface area contributed by atoms with Crippen molar-refractivity contribution in [2.45, 2.75) is 24.8 Å². The topological polar surface area (TPSA) is 59.0 Å². The third-order valence-corrected chi connectivity index (χ3v) is 4.02. The van der Waals surface area contributed by atoms with Gasteiger partial charge in [0.15, 0.2) is 11.7 Å². The molecule has 0 aromatic rings. The van der Waals surface area contributed by atoms with Crippen LogP contribution in [-0.2, 0) is 14.3 Å². The molecule has 0 bridgehead atoms. The summed E-state index contributed by atoms with van der Waals surface area (Å²) in [5, 5.41) is 0.796. The van der Waals surface area contributed by atoms with Gasteiger partial charge in [-0.3, -0.25) is 14.7 Å². The lowest BCUT2D eigenvalue weighted by atomic mass is 10.1. The number of hydrogen-bond acceptors (Lipinski definition) is 5. The molecule has 90 valence electrons. The van der Waals surface area contributed by atoms with Gasteiger partial charge in [0.1, 0.15) is 5.37 Å². The molecule has 0 aromatic heterocycles. The number of fused-ring (bicyclic) bond motifs is 1. The number of thioether (sulfide) groups is 1. The first-order chi connectivity index (χ1) is 8.13. The van der Waals surface area contributed by atoms with Crippen molar-refractivity contribution in [1.29, 1.82) is 0 Å². The lowest BCUT2D eigenvalue weighted by Gasteiger charge is -2.40. The summed E-state index contributed by atoms with van der Waals surface area (Å²) in [5.41, 5.74) is 2.53. The highest BCUT2D eigenvalue weighted by Crippen LogP contribution is 2.41. The van der Waals surface area contributed by atoms with Crippen LogP contribution in [0.2, 0.25) is 0 Å². The summed E-state index contributed by atoms with van der Waals surface area (Å²) in [6.07, 6.45) is 0.796. The number of methoxy groups -OCH3 is 1. The number of likely N-dealkylation sites (tertiary alicyclic amines) is 1. The first-order valence-corrected chi connectivity index (χ1v) is 6.06. The van der Waals surface area contributed by atoms with Gasteiger partial charge < -0.3 is 4.74 Å². The number of esters is 1. The van der Waals surface area contributed by atoms with Gasteiger partial charge in [-0.15, -0.1) is 0 Å². The average Bonchev–Trinajstić information content (AvgIpc) is 2.73. The van der Waals surface area contributed by atoms with Gasteiger partial charge in [-0.2, -0.15) is 0 Å². The molecule has 17 heavy (non-hydrogen) atoms. The maximum Gasteiger partial charge on any atom is 0.363 e. The van der Waals surface area contributed by atoms with Crippen LogP contribution in [0.5, 0.6) is 0 Å². The van der Waals surface area contributed by atoms with Crippen molar-refractivity contribution in [2.75, 3.05) is 7.11 Å². The standard InChI is InChI=1S/C11H12N2O3S/c1-4-6(11(15)16-3)13-9(14)8-10(13)17-7(5-2)12-8/h8,10H,1,5H2,2-3H3. The van der Waals surface area contributed by atoms with E-state index in [2.05, 4.69) is 22.0 Å². The second kappa shape index (κ2) is 4.39. The fraction of sp³-hybridized carbons (Fsp3) is 0.455. The van der Waals surface area contributed by atoms with E-state index in [-0.39, 0.29) is 23.0 Å². The summed E-state index contributed by atoms with van der Waals surface area (Å²) in [7, 11) is 1.26. The second-order valence-corrected chi connectivity index (χ2v) is 4.74. The molecule has 2 rings (SSSR count). The molecule has 6 heteroatoms. The first kappa shape index (κ1) is 12.0. The van der Waals surface area contributed by atoms with Gasteiger partial charge in [-0.1, -0.05) is 31.0 Å². The molecule has 1 saturated heterocycles. The predicted octanol–water partition coefficient (Wildman–Crippen LogP) is 0.920. The Balaban J connectivity index is 2.20. The van der Waals surface area contributed by atoms with E-state index in [1.54, 1.807) is 0 Å². The number of aliphatic imine (C=N–C) groups is 1. The molecular formula is C11H12N2O3S. The molecule has 2 atom stereocenters. The third kappa shape index (κ3) is 1.69. The van der Waals surface area contributed by atoms with E-state index in [0.29, 0.717) is 0 Å². The fourth-order valence-corrected chi connectivity index (χ4v) is 3.02. The second-order valence-electron chi connectivity index (χ2n) is 3.55. The van der Waals surface area contributed by atoms with E-state index in [0.717, 1.165) is 11.5 Å². The van der Waals surface area contributed by atoms with E-state index >= 15 is 0 Å². The van der Waals surface area contributed by atoms with Crippen LogP contribution in [0.4, 0.5) is 0 Å². The highest BCUT2D eigenvalue weighted by atomic mass is 32.2. The lowest BCUT2D eigenvalue weighted by Crippen LogP contribution is -2.60. The summed E-state index contributed by atoms with van der Waals surface area (Å²) in [4.78, 5) is 28.9. The third-order valence-electron chi connectivity index (χ3n) is 2.64. The minimum atomic E-state index is -0.600. The quantitative estimate of drug-likeness (QED) is 0.324. The Kier molecular flexibility index (Phi) is 3.09. The van der Waals surface area contributed by atoms with E-state index in [4.69, 9.17) is 0 Å². The van der Waals surface area contributed by atoms with Gasteiger partial charge >= 0.3 is 5.97 Å². The van der Waals surface area contributed by atoms with Crippen LogP contribution in [0.25, 0.3) is 0 Å². The highest BCUT2D eigenvalue weighted by Gasteiger charge is 2.54. The minimum Gasteiger partial charge on any atom is -0.464 e. The predicted molar refractivity (Wildman–Crippen MR) is 64.4 cm³/mol. The number of nitrogens with zero attached hydrogens (tertiary/aromatic N) is 2. The van der Waals surface area contributed by atoms with Gasteiger partial charge in [0.2, 0.25) is 0 Å². The largest absolute Gasteiger partial charge is 0.464 e. The summed E-state index contributed by atoms with van der Waals surface area (Å²) >= 11 is 1.50. The fourth-order valence-electron chi connectivity index (χ4n) is 1.77. The van der Waals surface area contributed by atoms with Crippen molar-refractivity contribution in [1.82, 2.24) is 4.90 Å². The van der Waals surface area contributed by atoms with Gasteiger partial charge in [-0.25, -0.2) is 4.79 Å². The summed E-state index contributed by atoms with van der Waals surface area (Å²) in [6.45, 7) is 5.40. The molecule has 0 aliphatic carbocycles. The van der Waals surface area contributed by atoms with Gasteiger partial charge in [-0.05, 0) is 6.42 Å². The smallest absolute Gasteiger partial charge is 0.363 e. The van der Waals surface area contributed by atoms with Crippen LogP contribution >= 0.6 is 11.8 Å². The normalized spacial score (nSPS) is 25.6. The Labute approximate surface area is 103 Å². The molecule has 5 nitrogen and oxygen atoms in total. The molecule has 2 unspecified atom stereocenters. The van der Waals surface area contributed by atoms with Crippen molar-refractivity contribution in [3.8, 4) is 0 Å². The molecule has 0 aromatic carbocycles. The number of rotatable bonds is 3. The average molecular weight is 252 g/mol. The van der Waals surface area contributed by atoms with Crippen molar-refractivity contribution in [3.05, 3.63) is 18.0 Å². The summed E-state index contributed by atoms with van der Waals surface area (Å²) in [5.74, 6) is -0.792. The molecule has 0 saturated carbocycles. The van der Waals surface area contributed by atoms with Crippen LogP contribution in [-0.4, -0.2) is 40.3 Å². The van der Waals surface area contributed by atoms with Gasteiger partial charge in [0, 0.05) is 0 Å². The van der Waals surface area contributed by atoms with Crippen molar-refractivity contribution in [3.63, 3.8) is 0 Å². The zero-order valence-corrected chi connectivity index (χ0v) is 10.4. The maximum absolute atomic E-state index is 11.8. The number of carbonyl (C=O) groups is 2. The molecule has 0 N–H and O–H groups in total. The van der Waals surface area contributed by atoms with Crippen molar-refractivity contribution >= 4 is 28.7 Å². The Morgan fingerprint density at radius 1 is 1.71 bits per heavy atom. The summed E-state index contributed by atoms with van der Waals surface area (Å²) in [6, 6.07) is -0.358. The SMILES string of the molecule is C=C=C(C(=O)OC)N1C(=O)C2N=C(CC)SC21. The number of hydrogen-bond donors (Lipinski definition) is 0. The Bertz CT molecular complexity index is 465. The van der Waals surface area contributed by atoms with Crippen molar-refractivity contribution < 1.29 is 14.3 Å². The molecule has 2 heterocycles. The molecule has 2 aliphatic heterocycles. The number of ether oxygens (including phenoxy) is 1. The number of β-lactam (4-membered cyclic amide) rings is 1. The lowest BCUT2D eigenvalue weighted by molar-refractivity contribution is -0.148. The molecule has 0 spiro atoms. The van der Waals surface area contributed by atoms with E-state index in [9.17, 15) is 9.59 Å².